The average molecular weight is 441 g/mol. The van der Waals surface area contributed by atoms with E-state index in [4.69, 9.17) is 4.74 Å². The van der Waals surface area contributed by atoms with Crippen LogP contribution in [0.15, 0.2) is 35.7 Å². The standard InChI is InChI=1S/C25H32N2O3S/c1-25(2,3)27(24(29)18-6-5-7-18)16-22(28)26-14-12-21-20(13-15-31-21)23(26)17-8-10-19(30-4)11-9-17/h8-11,13,15,18,23H,5-7,12,14,16H2,1-4H3. The maximum atomic E-state index is 13.6. The zero-order valence-corrected chi connectivity index (χ0v) is 19.7. The maximum Gasteiger partial charge on any atom is 0.243 e. The van der Waals surface area contributed by atoms with E-state index < -0.39 is 0 Å². The molecule has 2 aromatic rings. The van der Waals surface area contributed by atoms with Crippen molar-refractivity contribution >= 4 is 23.2 Å². The molecule has 2 heterocycles. The third-order valence-electron chi connectivity index (χ3n) is 6.54. The maximum absolute atomic E-state index is 13.6. The second-order valence-electron chi connectivity index (χ2n) is 9.53. The Labute approximate surface area is 189 Å². The number of hydrogen-bond donors (Lipinski definition) is 0. The van der Waals surface area contributed by atoms with Gasteiger partial charge in [0.25, 0.3) is 0 Å². The Balaban J connectivity index is 1.62. The van der Waals surface area contributed by atoms with Crippen LogP contribution in [0.2, 0.25) is 0 Å². The highest BCUT2D eigenvalue weighted by atomic mass is 32.1. The molecule has 0 bridgehead atoms. The van der Waals surface area contributed by atoms with Gasteiger partial charge in [-0.2, -0.15) is 0 Å². The minimum absolute atomic E-state index is 0.0141. The van der Waals surface area contributed by atoms with Crippen molar-refractivity contribution in [1.29, 1.82) is 0 Å². The lowest BCUT2D eigenvalue weighted by Gasteiger charge is -2.42. The summed E-state index contributed by atoms with van der Waals surface area (Å²) in [4.78, 5) is 31.8. The molecule has 1 fully saturated rings. The zero-order chi connectivity index (χ0) is 22.2. The van der Waals surface area contributed by atoms with Gasteiger partial charge < -0.3 is 14.5 Å². The van der Waals surface area contributed by atoms with Crippen LogP contribution in [-0.2, 0) is 16.0 Å². The molecule has 4 rings (SSSR count). The fraction of sp³-hybridized carbons (Fsp3) is 0.520. The van der Waals surface area contributed by atoms with Crippen LogP contribution in [0.5, 0.6) is 5.75 Å². The van der Waals surface area contributed by atoms with Crippen LogP contribution in [0.4, 0.5) is 0 Å². The minimum Gasteiger partial charge on any atom is -0.497 e. The van der Waals surface area contributed by atoms with Crippen molar-refractivity contribution in [1.82, 2.24) is 9.80 Å². The SMILES string of the molecule is COc1ccc(C2c3ccsc3CCN2C(=O)CN(C(=O)C2CCC2)C(C)(C)C)cc1. The molecule has 1 aromatic carbocycles. The van der Waals surface area contributed by atoms with E-state index in [1.807, 2.05) is 49.9 Å². The van der Waals surface area contributed by atoms with Gasteiger partial charge in [-0.1, -0.05) is 18.6 Å². The molecule has 6 heteroatoms. The molecule has 1 atom stereocenters. The molecule has 0 saturated heterocycles. The fourth-order valence-corrected chi connectivity index (χ4v) is 5.38. The van der Waals surface area contributed by atoms with Crippen molar-refractivity contribution in [2.24, 2.45) is 5.92 Å². The summed E-state index contributed by atoms with van der Waals surface area (Å²) in [6, 6.07) is 9.97. The molecular weight excluding hydrogens is 408 g/mol. The van der Waals surface area contributed by atoms with Gasteiger partial charge in [0, 0.05) is 22.9 Å². The third kappa shape index (κ3) is 4.36. The quantitative estimate of drug-likeness (QED) is 0.680. The molecule has 2 aliphatic rings. The molecular formula is C25H32N2O3S. The molecule has 0 spiro atoms. The third-order valence-corrected chi connectivity index (χ3v) is 7.54. The lowest BCUT2D eigenvalue weighted by molar-refractivity contribution is -0.150. The van der Waals surface area contributed by atoms with Gasteiger partial charge in [0.1, 0.15) is 12.3 Å². The molecule has 2 amide bonds. The van der Waals surface area contributed by atoms with Gasteiger partial charge in [0.05, 0.1) is 13.2 Å². The summed E-state index contributed by atoms with van der Waals surface area (Å²) < 4.78 is 5.32. The van der Waals surface area contributed by atoms with Crippen molar-refractivity contribution < 1.29 is 14.3 Å². The number of nitrogens with zero attached hydrogens (tertiary/aromatic N) is 2. The Kier molecular flexibility index (Phi) is 6.11. The number of methoxy groups -OCH3 is 1. The first-order valence-electron chi connectivity index (χ1n) is 11.1. The Hall–Kier alpha value is -2.34. The summed E-state index contributed by atoms with van der Waals surface area (Å²) in [7, 11) is 1.66. The largest absolute Gasteiger partial charge is 0.497 e. The minimum atomic E-state index is -0.388. The Morgan fingerprint density at radius 2 is 1.87 bits per heavy atom. The lowest BCUT2D eigenvalue weighted by atomic mass is 9.83. The predicted octanol–water partition coefficient (Wildman–Crippen LogP) is 4.66. The van der Waals surface area contributed by atoms with Crippen LogP contribution in [-0.4, -0.2) is 47.4 Å². The van der Waals surface area contributed by atoms with E-state index in [1.165, 1.54) is 10.4 Å². The van der Waals surface area contributed by atoms with Crippen LogP contribution in [0.25, 0.3) is 0 Å². The van der Waals surface area contributed by atoms with Gasteiger partial charge in [-0.25, -0.2) is 0 Å². The molecule has 1 unspecified atom stereocenters. The predicted molar refractivity (Wildman–Crippen MR) is 123 cm³/mol. The summed E-state index contributed by atoms with van der Waals surface area (Å²) in [5, 5.41) is 2.11. The van der Waals surface area contributed by atoms with Crippen molar-refractivity contribution in [3.05, 3.63) is 51.7 Å². The second kappa shape index (κ2) is 8.65. The van der Waals surface area contributed by atoms with Crippen molar-refractivity contribution in [3.8, 4) is 5.75 Å². The van der Waals surface area contributed by atoms with Crippen molar-refractivity contribution in [2.75, 3.05) is 20.2 Å². The number of carbonyl (C=O) groups is 2. The average Bonchev–Trinajstić information content (AvgIpc) is 3.17. The highest BCUT2D eigenvalue weighted by molar-refractivity contribution is 7.10. The highest BCUT2D eigenvalue weighted by Gasteiger charge is 2.39. The Morgan fingerprint density at radius 1 is 1.16 bits per heavy atom. The van der Waals surface area contributed by atoms with Gasteiger partial charge in [0.2, 0.25) is 11.8 Å². The molecule has 166 valence electrons. The number of benzene rings is 1. The highest BCUT2D eigenvalue weighted by Crippen LogP contribution is 2.39. The second-order valence-corrected chi connectivity index (χ2v) is 10.5. The van der Waals surface area contributed by atoms with Gasteiger partial charge in [-0.05, 0) is 74.7 Å². The molecule has 1 aromatic heterocycles. The summed E-state index contributed by atoms with van der Waals surface area (Å²) in [6.07, 6.45) is 3.85. The molecule has 0 N–H and O–H groups in total. The smallest absolute Gasteiger partial charge is 0.243 e. The van der Waals surface area contributed by atoms with Gasteiger partial charge in [-0.15, -0.1) is 11.3 Å². The van der Waals surface area contributed by atoms with E-state index in [-0.39, 0.29) is 35.9 Å². The van der Waals surface area contributed by atoms with Crippen LogP contribution in [0.1, 0.15) is 62.1 Å². The normalized spacial score (nSPS) is 18.8. The Bertz CT molecular complexity index is 940. The van der Waals surface area contributed by atoms with Crippen LogP contribution < -0.4 is 4.74 Å². The molecule has 1 aliphatic heterocycles. The summed E-state index contributed by atoms with van der Waals surface area (Å²) >= 11 is 1.76. The summed E-state index contributed by atoms with van der Waals surface area (Å²) in [5.74, 6) is 1.02. The molecule has 5 nitrogen and oxygen atoms in total. The van der Waals surface area contributed by atoms with E-state index in [0.717, 1.165) is 37.0 Å². The molecule has 1 saturated carbocycles. The first kappa shape index (κ1) is 21.9. The number of hydrogen-bond acceptors (Lipinski definition) is 4. The van der Waals surface area contributed by atoms with Crippen LogP contribution >= 0.6 is 11.3 Å². The topological polar surface area (TPSA) is 49.9 Å². The molecule has 31 heavy (non-hydrogen) atoms. The summed E-state index contributed by atoms with van der Waals surface area (Å²) in [6.45, 7) is 6.85. The number of fused-ring (bicyclic) bond motifs is 1. The Morgan fingerprint density at radius 3 is 2.45 bits per heavy atom. The van der Waals surface area contributed by atoms with E-state index in [9.17, 15) is 9.59 Å². The molecule has 1 aliphatic carbocycles. The van der Waals surface area contributed by atoms with Crippen molar-refractivity contribution in [2.45, 2.75) is 58.0 Å². The lowest BCUT2D eigenvalue weighted by Crippen LogP contribution is -2.54. The first-order chi connectivity index (χ1) is 14.8. The first-order valence-corrected chi connectivity index (χ1v) is 12.0. The van der Waals surface area contributed by atoms with Crippen molar-refractivity contribution in [3.63, 3.8) is 0 Å². The van der Waals surface area contributed by atoms with Gasteiger partial charge >= 0.3 is 0 Å². The molecule has 0 radical (unpaired) electrons. The van der Waals surface area contributed by atoms with E-state index in [2.05, 4.69) is 11.4 Å². The zero-order valence-electron chi connectivity index (χ0n) is 18.9. The number of ether oxygens (including phenoxy) is 1. The monoisotopic (exact) mass is 440 g/mol. The van der Waals surface area contributed by atoms with E-state index in [1.54, 1.807) is 23.3 Å². The van der Waals surface area contributed by atoms with Crippen LogP contribution in [0, 0.1) is 5.92 Å². The number of thiophene rings is 1. The van der Waals surface area contributed by atoms with Gasteiger partial charge in [0.15, 0.2) is 0 Å². The number of carbonyl (C=O) groups excluding carboxylic acids is 2. The van der Waals surface area contributed by atoms with Gasteiger partial charge in [-0.3, -0.25) is 9.59 Å². The van der Waals surface area contributed by atoms with Crippen LogP contribution in [0.3, 0.4) is 0 Å². The number of amides is 2. The van der Waals surface area contributed by atoms with E-state index in [0.29, 0.717) is 6.54 Å². The van der Waals surface area contributed by atoms with E-state index >= 15 is 0 Å². The fourth-order valence-electron chi connectivity index (χ4n) is 4.48. The number of rotatable bonds is 5. The summed E-state index contributed by atoms with van der Waals surface area (Å²) in [5.41, 5.74) is 1.88.